The average molecular weight is 489 g/mol. The third kappa shape index (κ3) is 5.10. The predicted octanol–water partition coefficient (Wildman–Crippen LogP) is 11.1. The topological polar surface area (TPSA) is 17.1 Å². The van der Waals surface area contributed by atoms with Crippen molar-refractivity contribution < 1.29 is 4.79 Å². The molecule has 0 heterocycles. The van der Waals surface area contributed by atoms with E-state index in [9.17, 15) is 4.79 Å². The van der Waals surface area contributed by atoms with Crippen LogP contribution in [0.1, 0.15) is 155 Å². The Morgan fingerprint density at radius 1 is 0.771 bits per heavy atom. The second kappa shape index (κ2) is 11.9. The van der Waals surface area contributed by atoms with Crippen LogP contribution in [0.4, 0.5) is 0 Å². The molecule has 4 aliphatic rings. The molecular weight excluding hydrogens is 424 g/mol. The Hall–Kier alpha value is -0.590. The number of rotatable bonds is 2. The third-order valence-corrected chi connectivity index (χ3v) is 11.2. The zero-order valence-corrected chi connectivity index (χ0v) is 26.6. The summed E-state index contributed by atoms with van der Waals surface area (Å²) in [4.78, 5) is 14.0. The van der Waals surface area contributed by atoms with E-state index in [0.29, 0.717) is 28.4 Å². The standard InChI is InChI=1S/C28H46O.3C2H6/c1-9-11-19-20-18-21(29)23-26(6)14-10-13-25(4,5)22(26)12-15-28(23,8)27(20,7)17-16-24(19,2)3;3*1-2/h18-19,22-23H,9-17H2,1-8H3;3*1-2H3. The zero-order chi connectivity index (χ0) is 27.5. The molecule has 1 nitrogen and oxygen atoms in total. The van der Waals surface area contributed by atoms with Crippen molar-refractivity contribution >= 4 is 5.78 Å². The lowest BCUT2D eigenvalue weighted by molar-refractivity contribution is -0.182. The Morgan fingerprint density at radius 3 is 1.89 bits per heavy atom. The van der Waals surface area contributed by atoms with Gasteiger partial charge >= 0.3 is 0 Å². The van der Waals surface area contributed by atoms with Gasteiger partial charge in [-0.25, -0.2) is 0 Å². The van der Waals surface area contributed by atoms with Gasteiger partial charge in [0.25, 0.3) is 0 Å². The lowest BCUT2D eigenvalue weighted by atomic mass is 9.34. The number of ketones is 1. The molecule has 206 valence electrons. The van der Waals surface area contributed by atoms with Crippen molar-refractivity contribution in [3.63, 3.8) is 0 Å². The van der Waals surface area contributed by atoms with Crippen molar-refractivity contribution in [3.05, 3.63) is 11.6 Å². The molecule has 6 atom stereocenters. The van der Waals surface area contributed by atoms with Crippen molar-refractivity contribution in [3.8, 4) is 0 Å². The Morgan fingerprint density at radius 2 is 1.34 bits per heavy atom. The Balaban J connectivity index is 0.000000949. The minimum atomic E-state index is 0.120. The second-order valence-corrected chi connectivity index (χ2v) is 13.5. The minimum Gasteiger partial charge on any atom is -0.295 e. The quantitative estimate of drug-likeness (QED) is 0.377. The highest BCUT2D eigenvalue weighted by molar-refractivity contribution is 5.95. The van der Waals surface area contributed by atoms with Crippen molar-refractivity contribution in [2.24, 2.45) is 44.8 Å². The first-order chi connectivity index (χ1) is 16.3. The molecule has 4 rings (SSSR count). The maximum Gasteiger partial charge on any atom is 0.159 e. The van der Waals surface area contributed by atoms with Crippen LogP contribution in [0, 0.1) is 44.8 Å². The van der Waals surface area contributed by atoms with Gasteiger partial charge in [0.1, 0.15) is 0 Å². The van der Waals surface area contributed by atoms with E-state index in [4.69, 9.17) is 0 Å². The summed E-state index contributed by atoms with van der Waals surface area (Å²) >= 11 is 0. The van der Waals surface area contributed by atoms with E-state index in [1.165, 1.54) is 63.4 Å². The second-order valence-electron chi connectivity index (χ2n) is 13.5. The van der Waals surface area contributed by atoms with Gasteiger partial charge in [-0.2, -0.15) is 0 Å². The third-order valence-electron chi connectivity index (χ3n) is 11.2. The first kappa shape index (κ1) is 32.4. The molecule has 0 aliphatic heterocycles. The van der Waals surface area contributed by atoms with Crippen LogP contribution in [0.5, 0.6) is 0 Å². The summed E-state index contributed by atoms with van der Waals surface area (Å²) in [5.74, 6) is 1.96. The molecule has 0 aromatic carbocycles. The van der Waals surface area contributed by atoms with Crippen molar-refractivity contribution in [2.45, 2.75) is 155 Å². The van der Waals surface area contributed by atoms with Gasteiger partial charge in [0.15, 0.2) is 5.78 Å². The van der Waals surface area contributed by atoms with Crippen LogP contribution >= 0.6 is 0 Å². The van der Waals surface area contributed by atoms with Gasteiger partial charge in [0, 0.05) is 5.92 Å². The number of allylic oxidation sites excluding steroid dienone is 2. The molecule has 0 bridgehead atoms. The lowest BCUT2D eigenvalue weighted by Crippen LogP contribution is -2.64. The van der Waals surface area contributed by atoms with Gasteiger partial charge in [-0.3, -0.25) is 4.79 Å². The lowest BCUT2D eigenvalue weighted by Gasteiger charge is -2.69. The van der Waals surface area contributed by atoms with E-state index >= 15 is 0 Å². The highest BCUT2D eigenvalue weighted by atomic mass is 16.1. The van der Waals surface area contributed by atoms with Crippen LogP contribution in [-0.2, 0) is 4.79 Å². The maximum atomic E-state index is 14.0. The van der Waals surface area contributed by atoms with Gasteiger partial charge in [0.2, 0.25) is 0 Å². The van der Waals surface area contributed by atoms with Gasteiger partial charge in [0.05, 0.1) is 0 Å². The fourth-order valence-electron chi connectivity index (χ4n) is 9.42. The molecule has 0 aromatic rings. The molecule has 0 aromatic heterocycles. The molecule has 6 unspecified atom stereocenters. The predicted molar refractivity (Wildman–Crippen MR) is 157 cm³/mol. The fourth-order valence-corrected chi connectivity index (χ4v) is 9.42. The molecule has 4 aliphatic carbocycles. The van der Waals surface area contributed by atoms with Gasteiger partial charge in [-0.05, 0) is 89.9 Å². The molecule has 0 amide bonds. The average Bonchev–Trinajstić information content (AvgIpc) is 2.81. The van der Waals surface area contributed by atoms with Gasteiger partial charge < -0.3 is 0 Å². The molecule has 1 heteroatoms. The van der Waals surface area contributed by atoms with Crippen LogP contribution in [-0.4, -0.2) is 5.78 Å². The highest BCUT2D eigenvalue weighted by Crippen LogP contribution is 2.73. The van der Waals surface area contributed by atoms with Crippen molar-refractivity contribution in [2.75, 3.05) is 0 Å². The van der Waals surface area contributed by atoms with E-state index in [1.54, 1.807) is 0 Å². The van der Waals surface area contributed by atoms with E-state index in [2.05, 4.69) is 61.5 Å². The van der Waals surface area contributed by atoms with Gasteiger partial charge in [-0.1, -0.05) is 115 Å². The van der Waals surface area contributed by atoms with Crippen LogP contribution in [0.2, 0.25) is 0 Å². The summed E-state index contributed by atoms with van der Waals surface area (Å²) in [6.07, 6.45) is 13.6. The van der Waals surface area contributed by atoms with Crippen molar-refractivity contribution in [1.29, 1.82) is 0 Å². The summed E-state index contributed by atoms with van der Waals surface area (Å²) in [5.41, 5.74) is 2.71. The normalized spacial score (nSPS) is 40.5. The first-order valence-corrected chi connectivity index (χ1v) is 15.6. The summed E-state index contributed by atoms with van der Waals surface area (Å²) in [7, 11) is 0. The minimum absolute atomic E-state index is 0.120. The Bertz CT molecular complexity index is 727. The number of hydrogen-bond acceptors (Lipinski definition) is 1. The van der Waals surface area contributed by atoms with Gasteiger partial charge in [-0.15, -0.1) is 0 Å². The Labute approximate surface area is 221 Å². The SMILES string of the molecule is CC.CC.CC.CCCC1C2=CC(=O)C3C4(C)CCCC(C)(C)C4CCC3(C)C2(C)CCC1(C)C. The number of carbonyl (C=O) groups excluding carboxylic acids is 1. The molecular formula is C34H64O. The van der Waals surface area contributed by atoms with E-state index in [0.717, 1.165) is 0 Å². The van der Waals surface area contributed by atoms with E-state index in [1.807, 2.05) is 41.5 Å². The smallest absolute Gasteiger partial charge is 0.159 e. The summed E-state index contributed by atoms with van der Waals surface area (Å²) in [6.45, 7) is 31.8. The zero-order valence-electron chi connectivity index (χ0n) is 26.6. The molecule has 0 spiro atoms. The van der Waals surface area contributed by atoms with E-state index < -0.39 is 0 Å². The Kier molecular flexibility index (Phi) is 11.0. The van der Waals surface area contributed by atoms with Crippen LogP contribution in [0.25, 0.3) is 0 Å². The molecule has 0 radical (unpaired) electrons. The highest BCUT2D eigenvalue weighted by Gasteiger charge is 2.68. The molecule has 0 N–H and O–H groups in total. The number of hydrogen-bond donors (Lipinski definition) is 0. The van der Waals surface area contributed by atoms with Crippen molar-refractivity contribution in [1.82, 2.24) is 0 Å². The van der Waals surface area contributed by atoms with E-state index in [-0.39, 0.29) is 22.2 Å². The summed E-state index contributed by atoms with van der Waals surface area (Å²) in [5, 5.41) is 0. The molecule has 35 heavy (non-hydrogen) atoms. The molecule has 3 fully saturated rings. The van der Waals surface area contributed by atoms with Crippen LogP contribution < -0.4 is 0 Å². The van der Waals surface area contributed by atoms with Crippen LogP contribution in [0.3, 0.4) is 0 Å². The molecule has 0 saturated heterocycles. The maximum absolute atomic E-state index is 14.0. The monoisotopic (exact) mass is 488 g/mol. The fraction of sp³-hybridized carbons (Fsp3) is 0.912. The number of carbonyl (C=O) groups is 1. The van der Waals surface area contributed by atoms with Crippen LogP contribution in [0.15, 0.2) is 11.6 Å². The molecule has 3 saturated carbocycles. The number of fused-ring (bicyclic) bond motifs is 5. The first-order valence-electron chi connectivity index (χ1n) is 15.6. The largest absolute Gasteiger partial charge is 0.295 e. The summed E-state index contributed by atoms with van der Waals surface area (Å²) in [6, 6.07) is 0. The summed E-state index contributed by atoms with van der Waals surface area (Å²) < 4.78 is 0.